The Morgan fingerprint density at radius 2 is 1.79 bits per heavy atom. The average molecular weight is 387 g/mol. The van der Waals surface area contributed by atoms with Crippen LogP contribution in [0.5, 0.6) is 0 Å². The van der Waals surface area contributed by atoms with Gasteiger partial charge in [-0.1, -0.05) is 59.0 Å². The first-order chi connectivity index (χ1) is 13.7. The number of benzene rings is 2. The summed E-state index contributed by atoms with van der Waals surface area (Å²) in [5.41, 5.74) is 5.05. The molecule has 3 aromatic heterocycles. The molecule has 0 spiro atoms. The zero-order chi connectivity index (χ0) is 19.1. The summed E-state index contributed by atoms with van der Waals surface area (Å²) in [5, 5.41) is 22.8. The fourth-order valence-corrected chi connectivity index (χ4v) is 4.07. The Morgan fingerprint density at radius 3 is 2.61 bits per heavy atom. The van der Waals surface area contributed by atoms with Gasteiger partial charge in [0.25, 0.3) is 0 Å². The first kappa shape index (κ1) is 16.8. The molecule has 138 valence electrons. The van der Waals surface area contributed by atoms with Crippen LogP contribution in [0.4, 0.5) is 0 Å². The van der Waals surface area contributed by atoms with E-state index in [-0.39, 0.29) is 0 Å². The average Bonchev–Trinajstić information content (AvgIpc) is 3.38. The van der Waals surface area contributed by atoms with E-state index in [0.29, 0.717) is 6.42 Å². The molecule has 7 nitrogen and oxygen atoms in total. The van der Waals surface area contributed by atoms with Crippen molar-refractivity contribution in [1.29, 1.82) is 0 Å². The monoisotopic (exact) mass is 387 g/mol. The summed E-state index contributed by atoms with van der Waals surface area (Å²) in [6.45, 7) is 4.07. The lowest BCUT2D eigenvalue weighted by atomic mass is 10.1. The van der Waals surface area contributed by atoms with Crippen LogP contribution in [0.2, 0.25) is 0 Å². The molecule has 3 heterocycles. The minimum absolute atomic E-state index is 0.681. The van der Waals surface area contributed by atoms with Crippen LogP contribution in [-0.2, 0) is 6.42 Å². The van der Waals surface area contributed by atoms with Gasteiger partial charge < -0.3 is 0 Å². The molecule has 0 unspecified atom stereocenters. The molecular weight excluding hydrogens is 370 g/mol. The molecule has 5 rings (SSSR count). The van der Waals surface area contributed by atoms with Gasteiger partial charge in [0.1, 0.15) is 5.69 Å². The minimum Gasteiger partial charge on any atom is -0.217 e. The van der Waals surface area contributed by atoms with Crippen molar-refractivity contribution in [3.63, 3.8) is 0 Å². The predicted molar refractivity (Wildman–Crippen MR) is 108 cm³/mol. The van der Waals surface area contributed by atoms with E-state index in [0.717, 1.165) is 32.9 Å². The van der Waals surface area contributed by atoms with E-state index in [9.17, 15) is 0 Å². The van der Waals surface area contributed by atoms with E-state index < -0.39 is 0 Å². The topological polar surface area (TPSA) is 73.8 Å². The van der Waals surface area contributed by atoms with E-state index >= 15 is 0 Å². The first-order valence-electron chi connectivity index (χ1n) is 8.94. The summed E-state index contributed by atoms with van der Waals surface area (Å²) in [6, 6.07) is 18.4. The molecule has 0 saturated carbocycles. The van der Waals surface area contributed by atoms with Crippen molar-refractivity contribution >= 4 is 16.3 Å². The Balaban J connectivity index is 1.52. The second-order valence-corrected chi connectivity index (χ2v) is 7.61. The summed E-state index contributed by atoms with van der Waals surface area (Å²) in [4.78, 5) is 0.755. The summed E-state index contributed by atoms with van der Waals surface area (Å²) in [6.07, 6.45) is 0.681. The molecular formula is C20H17N7S. The Kier molecular flexibility index (Phi) is 3.98. The van der Waals surface area contributed by atoms with Gasteiger partial charge in [0.2, 0.25) is 4.96 Å². The second kappa shape index (κ2) is 6.65. The molecule has 28 heavy (non-hydrogen) atoms. The van der Waals surface area contributed by atoms with Crippen LogP contribution < -0.4 is 0 Å². The number of aryl methyl sites for hydroxylation is 1. The zero-order valence-electron chi connectivity index (χ0n) is 15.4. The molecule has 0 bridgehead atoms. The van der Waals surface area contributed by atoms with Crippen LogP contribution in [0.25, 0.3) is 21.3 Å². The zero-order valence-corrected chi connectivity index (χ0v) is 16.3. The van der Waals surface area contributed by atoms with Crippen LogP contribution in [0.15, 0.2) is 54.6 Å². The van der Waals surface area contributed by atoms with Gasteiger partial charge in [-0.2, -0.15) is 9.61 Å². The van der Waals surface area contributed by atoms with Gasteiger partial charge in [-0.15, -0.1) is 15.3 Å². The highest BCUT2D eigenvalue weighted by Crippen LogP contribution is 2.27. The molecule has 5 aromatic rings. The van der Waals surface area contributed by atoms with Crippen molar-refractivity contribution in [2.75, 3.05) is 0 Å². The molecule has 2 aromatic carbocycles. The number of hydrogen-bond acceptors (Lipinski definition) is 6. The van der Waals surface area contributed by atoms with E-state index in [1.807, 2.05) is 41.9 Å². The van der Waals surface area contributed by atoms with Crippen LogP contribution in [0, 0.1) is 13.8 Å². The fraction of sp³-hybridized carbons (Fsp3) is 0.150. The molecule has 0 amide bonds. The van der Waals surface area contributed by atoms with Gasteiger partial charge in [-0.3, -0.25) is 0 Å². The van der Waals surface area contributed by atoms with Crippen LogP contribution >= 0.6 is 11.3 Å². The molecule has 0 atom stereocenters. The van der Waals surface area contributed by atoms with E-state index in [1.54, 1.807) is 4.52 Å². The lowest BCUT2D eigenvalue weighted by Crippen LogP contribution is -1.99. The molecule has 0 aliphatic heterocycles. The largest absolute Gasteiger partial charge is 0.235 e. The summed E-state index contributed by atoms with van der Waals surface area (Å²) in [7, 11) is 0. The first-order valence-corrected chi connectivity index (χ1v) is 9.75. The van der Waals surface area contributed by atoms with Gasteiger partial charge >= 0.3 is 0 Å². The summed E-state index contributed by atoms with van der Waals surface area (Å²) < 4.78 is 3.65. The van der Waals surface area contributed by atoms with Crippen molar-refractivity contribution in [3.8, 4) is 16.4 Å². The molecule has 0 aliphatic carbocycles. The van der Waals surface area contributed by atoms with Gasteiger partial charge in [0, 0.05) is 6.42 Å². The molecule has 0 saturated heterocycles. The van der Waals surface area contributed by atoms with Crippen LogP contribution in [-0.4, -0.2) is 34.8 Å². The maximum absolute atomic E-state index is 4.72. The normalized spacial score (nSPS) is 11.4. The Bertz CT molecular complexity index is 1270. The maximum Gasteiger partial charge on any atom is 0.235 e. The van der Waals surface area contributed by atoms with Crippen LogP contribution in [0.1, 0.15) is 22.6 Å². The van der Waals surface area contributed by atoms with Crippen LogP contribution in [0.3, 0.4) is 0 Å². The number of hydrogen-bond donors (Lipinski definition) is 0. The third kappa shape index (κ3) is 2.87. The second-order valence-electron chi connectivity index (χ2n) is 6.65. The molecule has 0 N–H and O–H groups in total. The Labute approximate surface area is 165 Å². The third-order valence-corrected chi connectivity index (χ3v) is 5.51. The van der Waals surface area contributed by atoms with Gasteiger partial charge in [-0.05, 0) is 37.1 Å². The quantitative estimate of drug-likeness (QED) is 0.471. The van der Waals surface area contributed by atoms with Crippen molar-refractivity contribution in [1.82, 2.24) is 34.8 Å². The smallest absolute Gasteiger partial charge is 0.217 e. The number of aromatic nitrogens is 7. The van der Waals surface area contributed by atoms with E-state index in [1.165, 1.54) is 22.5 Å². The van der Waals surface area contributed by atoms with Crippen molar-refractivity contribution in [2.24, 2.45) is 0 Å². The SMILES string of the molecule is Cc1cccc(-n2nnc(-c3nn4c(Cc5ccccc5)nnc4s3)c2C)c1. The number of nitrogens with zero attached hydrogens (tertiary/aromatic N) is 7. The molecule has 0 radical (unpaired) electrons. The lowest BCUT2D eigenvalue weighted by Gasteiger charge is -2.03. The maximum atomic E-state index is 4.72. The highest BCUT2D eigenvalue weighted by Gasteiger charge is 2.19. The molecule has 0 aliphatic rings. The number of fused-ring (bicyclic) bond motifs is 1. The van der Waals surface area contributed by atoms with E-state index in [4.69, 9.17) is 5.10 Å². The Morgan fingerprint density at radius 1 is 0.929 bits per heavy atom. The fourth-order valence-electron chi connectivity index (χ4n) is 3.17. The van der Waals surface area contributed by atoms with Gasteiger partial charge in [0.05, 0.1) is 11.4 Å². The Hall–Kier alpha value is -3.39. The van der Waals surface area contributed by atoms with Gasteiger partial charge in [0.15, 0.2) is 10.8 Å². The standard InChI is InChI=1S/C20H17N7S/c1-13-7-6-10-16(11-13)26-14(2)18(22-25-26)19-24-27-17(21-23-20(27)28-19)12-15-8-4-3-5-9-15/h3-11H,12H2,1-2H3. The highest BCUT2D eigenvalue weighted by atomic mass is 32.1. The predicted octanol–water partition coefficient (Wildman–Crippen LogP) is 3.64. The summed E-state index contributed by atoms with van der Waals surface area (Å²) >= 11 is 1.47. The van der Waals surface area contributed by atoms with E-state index in [2.05, 4.69) is 51.7 Å². The minimum atomic E-state index is 0.681. The van der Waals surface area contributed by atoms with Crippen molar-refractivity contribution in [3.05, 3.63) is 77.2 Å². The molecule has 0 fully saturated rings. The summed E-state index contributed by atoms with van der Waals surface area (Å²) in [5.74, 6) is 0.812. The van der Waals surface area contributed by atoms with Gasteiger partial charge in [-0.25, -0.2) is 4.68 Å². The van der Waals surface area contributed by atoms with Crippen molar-refractivity contribution < 1.29 is 0 Å². The van der Waals surface area contributed by atoms with Crippen molar-refractivity contribution in [2.45, 2.75) is 20.3 Å². The lowest BCUT2D eigenvalue weighted by molar-refractivity contribution is 0.784. The third-order valence-electron chi connectivity index (χ3n) is 4.60. The highest BCUT2D eigenvalue weighted by molar-refractivity contribution is 7.19. The molecule has 8 heteroatoms. The number of rotatable bonds is 4.